The SMILES string of the molecule is CCOc1ccc2c(n1)CCN(C(=O)Nc1cccc(CC)c1)C2. The number of urea groups is 1. The predicted octanol–water partition coefficient (Wildman–Crippen LogP) is 3.63. The summed E-state index contributed by atoms with van der Waals surface area (Å²) in [5.41, 5.74) is 4.17. The van der Waals surface area contributed by atoms with Crippen molar-refractivity contribution in [2.24, 2.45) is 0 Å². The molecule has 1 aliphatic heterocycles. The number of carbonyl (C=O) groups is 1. The number of anilines is 1. The van der Waals surface area contributed by atoms with Gasteiger partial charge in [-0.25, -0.2) is 9.78 Å². The summed E-state index contributed by atoms with van der Waals surface area (Å²) in [5.74, 6) is 0.658. The molecule has 3 rings (SSSR count). The highest BCUT2D eigenvalue weighted by atomic mass is 16.5. The highest BCUT2D eigenvalue weighted by molar-refractivity contribution is 5.89. The van der Waals surface area contributed by atoms with Gasteiger partial charge < -0.3 is 15.0 Å². The minimum Gasteiger partial charge on any atom is -0.478 e. The third-order valence-electron chi connectivity index (χ3n) is 4.19. The lowest BCUT2D eigenvalue weighted by Gasteiger charge is -2.28. The van der Waals surface area contributed by atoms with Gasteiger partial charge in [-0.15, -0.1) is 0 Å². The molecule has 0 atom stereocenters. The summed E-state index contributed by atoms with van der Waals surface area (Å²) in [6.07, 6.45) is 1.70. The van der Waals surface area contributed by atoms with Crippen LogP contribution in [0.2, 0.25) is 0 Å². The van der Waals surface area contributed by atoms with Gasteiger partial charge in [0.1, 0.15) is 0 Å². The lowest BCUT2D eigenvalue weighted by Crippen LogP contribution is -2.39. The first kappa shape index (κ1) is 16.3. The van der Waals surface area contributed by atoms with Gasteiger partial charge in [-0.3, -0.25) is 0 Å². The molecule has 2 amide bonds. The van der Waals surface area contributed by atoms with Crippen LogP contribution in [0.1, 0.15) is 30.7 Å². The Labute approximate surface area is 142 Å². The van der Waals surface area contributed by atoms with Crippen LogP contribution < -0.4 is 10.1 Å². The Morgan fingerprint density at radius 3 is 2.96 bits per heavy atom. The fourth-order valence-corrected chi connectivity index (χ4v) is 2.87. The van der Waals surface area contributed by atoms with Gasteiger partial charge in [0.25, 0.3) is 0 Å². The Morgan fingerprint density at radius 2 is 2.17 bits per heavy atom. The van der Waals surface area contributed by atoms with Crippen LogP contribution in [0.5, 0.6) is 5.88 Å². The van der Waals surface area contributed by atoms with Crippen LogP contribution in [-0.4, -0.2) is 29.1 Å². The summed E-state index contributed by atoms with van der Waals surface area (Å²) < 4.78 is 5.44. The zero-order chi connectivity index (χ0) is 16.9. The maximum Gasteiger partial charge on any atom is 0.322 e. The van der Waals surface area contributed by atoms with Crippen LogP contribution in [0.3, 0.4) is 0 Å². The number of ether oxygens (including phenoxy) is 1. The molecule has 0 spiro atoms. The minimum absolute atomic E-state index is 0.0669. The Kier molecular flexibility index (Phi) is 4.99. The summed E-state index contributed by atoms with van der Waals surface area (Å²) in [6.45, 7) is 5.90. The van der Waals surface area contributed by atoms with Gasteiger partial charge in [-0.05, 0) is 36.6 Å². The molecule has 5 heteroatoms. The van der Waals surface area contributed by atoms with E-state index in [1.54, 1.807) is 0 Å². The maximum absolute atomic E-state index is 12.5. The van der Waals surface area contributed by atoms with E-state index < -0.39 is 0 Å². The highest BCUT2D eigenvalue weighted by Crippen LogP contribution is 2.21. The molecule has 0 aliphatic carbocycles. The second-order valence-corrected chi connectivity index (χ2v) is 5.84. The number of carbonyl (C=O) groups excluding carboxylic acids is 1. The van der Waals surface area contributed by atoms with Gasteiger partial charge in [0.15, 0.2) is 0 Å². The van der Waals surface area contributed by atoms with Gasteiger partial charge >= 0.3 is 6.03 Å². The van der Waals surface area contributed by atoms with Crippen LogP contribution >= 0.6 is 0 Å². The number of amides is 2. The first-order valence-electron chi connectivity index (χ1n) is 8.46. The monoisotopic (exact) mass is 325 g/mol. The first-order chi connectivity index (χ1) is 11.7. The molecule has 1 N–H and O–H groups in total. The average Bonchev–Trinajstić information content (AvgIpc) is 2.61. The van der Waals surface area contributed by atoms with Gasteiger partial charge in [-0.2, -0.15) is 0 Å². The zero-order valence-corrected chi connectivity index (χ0v) is 14.2. The maximum atomic E-state index is 12.5. The molecular formula is C19H23N3O2. The van der Waals surface area contributed by atoms with Crippen molar-refractivity contribution in [3.05, 3.63) is 53.2 Å². The van der Waals surface area contributed by atoms with Crippen molar-refractivity contribution < 1.29 is 9.53 Å². The fraction of sp³-hybridized carbons (Fsp3) is 0.368. The molecule has 5 nitrogen and oxygen atoms in total. The Bertz CT molecular complexity index is 730. The normalized spacial score (nSPS) is 13.3. The Morgan fingerprint density at radius 1 is 1.29 bits per heavy atom. The largest absolute Gasteiger partial charge is 0.478 e. The topological polar surface area (TPSA) is 54.5 Å². The van der Waals surface area contributed by atoms with Crippen LogP contribution in [0.15, 0.2) is 36.4 Å². The van der Waals surface area contributed by atoms with Crippen LogP contribution in [0.4, 0.5) is 10.5 Å². The van der Waals surface area contributed by atoms with Crippen molar-refractivity contribution in [3.63, 3.8) is 0 Å². The van der Waals surface area contributed by atoms with Crippen molar-refractivity contribution in [1.29, 1.82) is 0 Å². The second kappa shape index (κ2) is 7.34. The molecule has 0 saturated heterocycles. The van der Waals surface area contributed by atoms with Gasteiger partial charge in [0.2, 0.25) is 5.88 Å². The number of hydrogen-bond donors (Lipinski definition) is 1. The third kappa shape index (κ3) is 3.67. The molecule has 0 radical (unpaired) electrons. The molecule has 0 bridgehead atoms. The van der Waals surface area contributed by atoms with E-state index in [0.717, 1.165) is 29.8 Å². The standard InChI is InChI=1S/C19H23N3O2/c1-3-14-6-5-7-16(12-14)20-19(23)22-11-10-17-15(13-22)8-9-18(21-17)24-4-2/h5-9,12H,3-4,10-11,13H2,1-2H3,(H,20,23). The number of fused-ring (bicyclic) bond motifs is 1. The van der Waals surface area contributed by atoms with Crippen molar-refractivity contribution in [2.75, 3.05) is 18.5 Å². The van der Waals surface area contributed by atoms with E-state index in [-0.39, 0.29) is 6.03 Å². The summed E-state index contributed by atoms with van der Waals surface area (Å²) >= 11 is 0. The minimum atomic E-state index is -0.0669. The number of nitrogens with one attached hydrogen (secondary N) is 1. The molecular weight excluding hydrogens is 302 g/mol. The van der Waals surface area contributed by atoms with Crippen LogP contribution in [0, 0.1) is 0 Å². The molecule has 0 saturated carbocycles. The van der Waals surface area contributed by atoms with E-state index in [4.69, 9.17) is 4.74 Å². The molecule has 0 fully saturated rings. The first-order valence-corrected chi connectivity index (χ1v) is 8.46. The summed E-state index contributed by atoms with van der Waals surface area (Å²) in [5, 5.41) is 2.99. The van der Waals surface area contributed by atoms with Crippen molar-refractivity contribution in [1.82, 2.24) is 9.88 Å². The molecule has 2 aromatic rings. The zero-order valence-electron chi connectivity index (χ0n) is 14.2. The van der Waals surface area contributed by atoms with E-state index in [2.05, 4.69) is 23.3 Å². The second-order valence-electron chi connectivity index (χ2n) is 5.84. The Balaban J connectivity index is 1.67. The van der Waals surface area contributed by atoms with Crippen LogP contribution in [-0.2, 0) is 19.4 Å². The Hall–Kier alpha value is -2.56. The number of benzene rings is 1. The van der Waals surface area contributed by atoms with Gasteiger partial charge in [0, 0.05) is 31.3 Å². The molecule has 24 heavy (non-hydrogen) atoms. The molecule has 1 aromatic carbocycles. The average molecular weight is 325 g/mol. The lowest BCUT2D eigenvalue weighted by atomic mass is 10.1. The summed E-state index contributed by atoms with van der Waals surface area (Å²) in [7, 11) is 0. The number of hydrogen-bond acceptors (Lipinski definition) is 3. The third-order valence-corrected chi connectivity index (χ3v) is 4.19. The van der Waals surface area contributed by atoms with Gasteiger partial charge in [0.05, 0.1) is 12.3 Å². The van der Waals surface area contributed by atoms with Crippen LogP contribution in [0.25, 0.3) is 0 Å². The number of pyridine rings is 1. The predicted molar refractivity (Wildman–Crippen MR) is 94.4 cm³/mol. The van der Waals surface area contributed by atoms with Crippen molar-refractivity contribution in [2.45, 2.75) is 33.2 Å². The summed E-state index contributed by atoms with van der Waals surface area (Å²) in [6, 6.07) is 11.8. The molecule has 1 aromatic heterocycles. The fourth-order valence-electron chi connectivity index (χ4n) is 2.87. The van der Waals surface area contributed by atoms with E-state index in [1.807, 2.05) is 42.2 Å². The number of nitrogens with zero attached hydrogens (tertiary/aromatic N) is 2. The van der Waals surface area contributed by atoms with E-state index >= 15 is 0 Å². The van der Waals surface area contributed by atoms with E-state index in [9.17, 15) is 4.79 Å². The van der Waals surface area contributed by atoms with Crippen molar-refractivity contribution >= 4 is 11.7 Å². The lowest BCUT2D eigenvalue weighted by molar-refractivity contribution is 0.205. The highest BCUT2D eigenvalue weighted by Gasteiger charge is 2.22. The van der Waals surface area contributed by atoms with E-state index in [0.29, 0.717) is 25.6 Å². The molecule has 1 aliphatic rings. The molecule has 126 valence electrons. The number of aryl methyl sites for hydroxylation is 1. The smallest absolute Gasteiger partial charge is 0.322 e. The molecule has 2 heterocycles. The number of rotatable bonds is 4. The van der Waals surface area contributed by atoms with Crippen molar-refractivity contribution in [3.8, 4) is 5.88 Å². The summed E-state index contributed by atoms with van der Waals surface area (Å²) in [4.78, 5) is 18.9. The van der Waals surface area contributed by atoms with Gasteiger partial charge in [-0.1, -0.05) is 25.1 Å². The number of aromatic nitrogens is 1. The molecule has 0 unspecified atom stereocenters. The van der Waals surface area contributed by atoms with E-state index in [1.165, 1.54) is 5.56 Å². The quantitative estimate of drug-likeness (QED) is 0.934.